The first-order chi connectivity index (χ1) is 5.83. The highest BCUT2D eigenvalue weighted by molar-refractivity contribution is 4.72. The van der Waals surface area contributed by atoms with E-state index in [2.05, 4.69) is 0 Å². The first-order valence-electron chi connectivity index (χ1n) is 4.33. The van der Waals surface area contributed by atoms with Crippen molar-refractivity contribution in [2.24, 2.45) is 0 Å². The second-order valence-electron chi connectivity index (χ2n) is 2.91. The number of ether oxygens (including phenoxy) is 2. The van der Waals surface area contributed by atoms with Crippen molar-refractivity contribution in [3.05, 3.63) is 0 Å². The minimum Gasteiger partial charge on any atom is -0.396 e. The summed E-state index contributed by atoms with van der Waals surface area (Å²) in [6, 6.07) is 0. The molecular formula is C8H16O4. The zero-order chi connectivity index (χ0) is 8.86. The van der Waals surface area contributed by atoms with Gasteiger partial charge in [-0.25, -0.2) is 0 Å². The Morgan fingerprint density at radius 3 is 1.92 bits per heavy atom. The Bertz CT molecular complexity index is 105. The van der Waals surface area contributed by atoms with Crippen LogP contribution < -0.4 is 0 Å². The van der Waals surface area contributed by atoms with Crippen LogP contribution in [0.5, 0.6) is 0 Å². The maximum atomic E-state index is 8.77. The minimum absolute atomic E-state index is 0.0278. The molecule has 0 aromatic carbocycles. The Morgan fingerprint density at radius 1 is 1.00 bits per heavy atom. The van der Waals surface area contributed by atoms with E-state index in [0.717, 1.165) is 6.42 Å². The van der Waals surface area contributed by atoms with Gasteiger partial charge in [0.25, 0.3) is 0 Å². The molecule has 1 fully saturated rings. The molecule has 0 amide bonds. The summed E-state index contributed by atoms with van der Waals surface area (Å²) >= 11 is 0. The van der Waals surface area contributed by atoms with Crippen molar-refractivity contribution < 1.29 is 19.7 Å². The monoisotopic (exact) mass is 176 g/mol. The molecule has 0 aromatic rings. The third kappa shape index (κ3) is 2.42. The van der Waals surface area contributed by atoms with Gasteiger partial charge in [-0.15, -0.1) is 0 Å². The summed E-state index contributed by atoms with van der Waals surface area (Å²) in [6.45, 7) is 1.36. The van der Waals surface area contributed by atoms with Crippen LogP contribution in [0.25, 0.3) is 0 Å². The van der Waals surface area contributed by atoms with Crippen LogP contribution in [0.3, 0.4) is 0 Å². The van der Waals surface area contributed by atoms with Crippen molar-refractivity contribution >= 4 is 0 Å². The van der Waals surface area contributed by atoms with E-state index >= 15 is 0 Å². The molecular weight excluding hydrogens is 160 g/mol. The average Bonchev–Trinajstić information content (AvgIpc) is 2.07. The molecule has 1 aliphatic rings. The lowest BCUT2D eigenvalue weighted by molar-refractivity contribution is -0.278. The van der Waals surface area contributed by atoms with E-state index in [1.807, 2.05) is 0 Å². The fourth-order valence-electron chi connectivity index (χ4n) is 1.37. The summed E-state index contributed by atoms with van der Waals surface area (Å²) < 4.78 is 10.8. The van der Waals surface area contributed by atoms with E-state index in [0.29, 0.717) is 26.1 Å². The molecule has 0 bridgehead atoms. The van der Waals surface area contributed by atoms with Crippen molar-refractivity contribution in [1.29, 1.82) is 0 Å². The average molecular weight is 176 g/mol. The van der Waals surface area contributed by atoms with Gasteiger partial charge in [0.15, 0.2) is 5.79 Å². The SMILES string of the molecule is OCCC1(CCO)OCCCO1. The van der Waals surface area contributed by atoms with Gasteiger partial charge in [-0.1, -0.05) is 0 Å². The van der Waals surface area contributed by atoms with Gasteiger partial charge >= 0.3 is 0 Å². The molecule has 0 aliphatic carbocycles. The maximum Gasteiger partial charge on any atom is 0.172 e. The molecule has 1 rings (SSSR count). The molecule has 0 aromatic heterocycles. The Kier molecular flexibility index (Phi) is 3.94. The van der Waals surface area contributed by atoms with Crippen LogP contribution in [0.15, 0.2) is 0 Å². The number of hydrogen-bond acceptors (Lipinski definition) is 4. The second-order valence-corrected chi connectivity index (χ2v) is 2.91. The van der Waals surface area contributed by atoms with Gasteiger partial charge in [0.2, 0.25) is 0 Å². The van der Waals surface area contributed by atoms with Crippen LogP contribution in [-0.2, 0) is 9.47 Å². The lowest BCUT2D eigenvalue weighted by Gasteiger charge is -2.36. The highest BCUT2D eigenvalue weighted by Gasteiger charge is 2.33. The molecule has 12 heavy (non-hydrogen) atoms. The van der Waals surface area contributed by atoms with Gasteiger partial charge in [0, 0.05) is 26.1 Å². The molecule has 1 heterocycles. The van der Waals surface area contributed by atoms with Crippen LogP contribution in [0, 0.1) is 0 Å². The van der Waals surface area contributed by atoms with Crippen LogP contribution in [0.4, 0.5) is 0 Å². The second kappa shape index (κ2) is 4.77. The predicted molar refractivity (Wildman–Crippen MR) is 42.7 cm³/mol. The first kappa shape index (κ1) is 9.92. The van der Waals surface area contributed by atoms with Gasteiger partial charge in [-0.3, -0.25) is 0 Å². The lowest BCUT2D eigenvalue weighted by atomic mass is 10.1. The third-order valence-electron chi connectivity index (χ3n) is 2.00. The molecule has 0 unspecified atom stereocenters. The lowest BCUT2D eigenvalue weighted by Crippen LogP contribution is -2.42. The topological polar surface area (TPSA) is 58.9 Å². The summed E-state index contributed by atoms with van der Waals surface area (Å²) in [7, 11) is 0. The molecule has 0 radical (unpaired) electrons. The number of aliphatic hydroxyl groups is 2. The van der Waals surface area contributed by atoms with Crippen molar-refractivity contribution in [3.63, 3.8) is 0 Å². The van der Waals surface area contributed by atoms with Crippen LogP contribution >= 0.6 is 0 Å². The summed E-state index contributed by atoms with van der Waals surface area (Å²) in [5, 5.41) is 17.5. The summed E-state index contributed by atoms with van der Waals surface area (Å²) in [4.78, 5) is 0. The zero-order valence-electron chi connectivity index (χ0n) is 7.16. The fraction of sp³-hybridized carbons (Fsp3) is 1.00. The number of hydrogen-bond donors (Lipinski definition) is 2. The summed E-state index contributed by atoms with van der Waals surface area (Å²) in [5.41, 5.74) is 0. The van der Waals surface area contributed by atoms with Gasteiger partial charge in [-0.05, 0) is 6.42 Å². The molecule has 1 aliphatic heterocycles. The fourth-order valence-corrected chi connectivity index (χ4v) is 1.37. The van der Waals surface area contributed by atoms with E-state index in [1.54, 1.807) is 0 Å². The number of aliphatic hydroxyl groups excluding tert-OH is 2. The van der Waals surface area contributed by atoms with E-state index in [1.165, 1.54) is 0 Å². The van der Waals surface area contributed by atoms with E-state index in [4.69, 9.17) is 19.7 Å². The Hall–Kier alpha value is -0.160. The summed E-state index contributed by atoms with van der Waals surface area (Å²) in [5.74, 6) is -0.720. The van der Waals surface area contributed by atoms with Crippen molar-refractivity contribution in [2.75, 3.05) is 26.4 Å². The van der Waals surface area contributed by atoms with Crippen LogP contribution in [0.2, 0.25) is 0 Å². The van der Waals surface area contributed by atoms with Crippen molar-refractivity contribution in [2.45, 2.75) is 25.0 Å². The van der Waals surface area contributed by atoms with Gasteiger partial charge in [-0.2, -0.15) is 0 Å². The highest BCUT2D eigenvalue weighted by atomic mass is 16.7. The van der Waals surface area contributed by atoms with E-state index < -0.39 is 5.79 Å². The largest absolute Gasteiger partial charge is 0.396 e. The van der Waals surface area contributed by atoms with Crippen molar-refractivity contribution in [1.82, 2.24) is 0 Å². The minimum atomic E-state index is -0.720. The predicted octanol–water partition coefficient (Wildman–Crippen LogP) is -0.116. The Balaban J connectivity index is 2.44. The maximum absolute atomic E-state index is 8.77. The van der Waals surface area contributed by atoms with Crippen molar-refractivity contribution in [3.8, 4) is 0 Å². The Morgan fingerprint density at radius 2 is 1.50 bits per heavy atom. The summed E-state index contributed by atoms with van der Waals surface area (Å²) in [6.07, 6.45) is 1.76. The van der Waals surface area contributed by atoms with Gasteiger partial charge < -0.3 is 19.7 Å². The number of rotatable bonds is 4. The molecule has 0 spiro atoms. The van der Waals surface area contributed by atoms with Crippen LogP contribution in [0.1, 0.15) is 19.3 Å². The molecule has 0 saturated carbocycles. The van der Waals surface area contributed by atoms with Gasteiger partial charge in [0.05, 0.1) is 13.2 Å². The standard InChI is InChI=1S/C8H16O4/c9-4-2-8(3-5-10)11-6-1-7-12-8/h9-10H,1-7H2. The molecule has 1 saturated heterocycles. The van der Waals surface area contributed by atoms with E-state index in [9.17, 15) is 0 Å². The molecule has 0 atom stereocenters. The molecule has 4 nitrogen and oxygen atoms in total. The van der Waals surface area contributed by atoms with Crippen LogP contribution in [-0.4, -0.2) is 42.4 Å². The Labute approximate surface area is 72.1 Å². The third-order valence-corrected chi connectivity index (χ3v) is 2.00. The van der Waals surface area contributed by atoms with Gasteiger partial charge in [0.1, 0.15) is 0 Å². The first-order valence-corrected chi connectivity index (χ1v) is 4.33. The zero-order valence-corrected chi connectivity index (χ0v) is 7.16. The highest BCUT2D eigenvalue weighted by Crippen LogP contribution is 2.25. The molecule has 72 valence electrons. The smallest absolute Gasteiger partial charge is 0.172 e. The quantitative estimate of drug-likeness (QED) is 0.627. The molecule has 2 N–H and O–H groups in total. The molecule has 4 heteroatoms. The van der Waals surface area contributed by atoms with E-state index in [-0.39, 0.29) is 13.2 Å². The normalized spacial score (nSPS) is 22.5.